The van der Waals surface area contributed by atoms with Crippen molar-refractivity contribution in [3.05, 3.63) is 65.7 Å². The minimum absolute atomic E-state index is 0.357. The first-order chi connectivity index (χ1) is 9.34. The molecule has 1 N–H and O–H groups in total. The van der Waals surface area contributed by atoms with E-state index >= 15 is 0 Å². The number of hydrogen-bond donors (Lipinski definition) is 1. The summed E-state index contributed by atoms with van der Waals surface area (Å²) >= 11 is 0. The molecule has 2 aromatic rings. The molecular formula is C16H14N2O. The molecule has 3 nitrogen and oxygen atoms in total. The molecule has 3 heteroatoms. The summed E-state index contributed by atoms with van der Waals surface area (Å²) in [4.78, 5) is 0. The van der Waals surface area contributed by atoms with Crippen LogP contribution in [0.4, 0.5) is 5.69 Å². The van der Waals surface area contributed by atoms with Gasteiger partial charge in [-0.15, -0.1) is 0 Å². The summed E-state index contributed by atoms with van der Waals surface area (Å²) < 4.78 is 5.59. The highest BCUT2D eigenvalue weighted by Crippen LogP contribution is 2.33. The lowest BCUT2D eigenvalue weighted by Gasteiger charge is -2.34. The van der Waals surface area contributed by atoms with Crippen molar-refractivity contribution < 1.29 is 4.74 Å². The molecule has 0 saturated carbocycles. The van der Waals surface area contributed by atoms with Crippen LogP contribution in [0.25, 0.3) is 0 Å². The first kappa shape index (κ1) is 11.8. The molecule has 0 radical (unpaired) electrons. The van der Waals surface area contributed by atoms with Crippen molar-refractivity contribution in [3.63, 3.8) is 0 Å². The normalized spacial score (nSPS) is 21.2. The van der Waals surface area contributed by atoms with Crippen molar-refractivity contribution in [2.24, 2.45) is 0 Å². The van der Waals surface area contributed by atoms with E-state index in [4.69, 9.17) is 4.74 Å². The van der Waals surface area contributed by atoms with Gasteiger partial charge in [0.15, 0.2) is 5.54 Å². The number of rotatable bonds is 2. The monoisotopic (exact) mass is 250 g/mol. The molecule has 19 heavy (non-hydrogen) atoms. The Labute approximate surface area is 112 Å². The minimum atomic E-state index is -0.809. The Hall–Kier alpha value is -2.31. The molecule has 3 rings (SSSR count). The van der Waals surface area contributed by atoms with E-state index in [0.717, 1.165) is 16.8 Å². The van der Waals surface area contributed by atoms with E-state index in [2.05, 4.69) is 11.4 Å². The summed E-state index contributed by atoms with van der Waals surface area (Å²) in [6.45, 7) is 0.922. The second-order valence-electron chi connectivity index (χ2n) is 4.66. The van der Waals surface area contributed by atoms with Gasteiger partial charge in [-0.05, 0) is 23.3 Å². The third-order valence-electron chi connectivity index (χ3n) is 3.38. The topological polar surface area (TPSA) is 45.0 Å². The predicted molar refractivity (Wildman–Crippen MR) is 73.5 cm³/mol. The fraction of sp³-hybridized carbons (Fsp3) is 0.188. The van der Waals surface area contributed by atoms with Crippen molar-refractivity contribution >= 4 is 5.69 Å². The Kier molecular flexibility index (Phi) is 2.94. The van der Waals surface area contributed by atoms with Crippen molar-refractivity contribution in [2.75, 3.05) is 11.9 Å². The van der Waals surface area contributed by atoms with Crippen LogP contribution in [0.5, 0.6) is 0 Å². The Morgan fingerprint density at radius 1 is 1.05 bits per heavy atom. The first-order valence-corrected chi connectivity index (χ1v) is 6.25. The molecule has 1 atom stereocenters. The molecule has 94 valence electrons. The smallest absolute Gasteiger partial charge is 0.174 e. The van der Waals surface area contributed by atoms with Gasteiger partial charge >= 0.3 is 0 Å². The summed E-state index contributed by atoms with van der Waals surface area (Å²) in [5, 5.41) is 13.0. The zero-order chi connectivity index (χ0) is 13.1. The summed E-state index contributed by atoms with van der Waals surface area (Å²) in [6.07, 6.45) is 0. The number of nitrogens with one attached hydrogen (secondary N) is 1. The number of benzene rings is 2. The Morgan fingerprint density at radius 2 is 1.79 bits per heavy atom. The number of nitrogens with zero attached hydrogens (tertiary/aromatic N) is 1. The van der Waals surface area contributed by atoms with Crippen LogP contribution < -0.4 is 5.32 Å². The van der Waals surface area contributed by atoms with Gasteiger partial charge in [0.25, 0.3) is 0 Å². The number of ether oxygens (including phenoxy) is 1. The maximum absolute atomic E-state index is 9.66. The molecule has 1 aliphatic heterocycles. The minimum Gasteiger partial charge on any atom is -0.373 e. The standard InChI is InChI=1S/C16H14N2O/c17-11-16(18-14-7-2-1-3-8-14)12-19-10-13-6-4-5-9-15(13)16/h1-9,18H,10,12H2. The van der Waals surface area contributed by atoms with Crippen molar-refractivity contribution in [2.45, 2.75) is 12.1 Å². The van der Waals surface area contributed by atoms with Gasteiger partial charge in [0.05, 0.1) is 19.3 Å². The lowest BCUT2D eigenvalue weighted by Crippen LogP contribution is -2.42. The fourth-order valence-corrected chi connectivity index (χ4v) is 2.45. The van der Waals surface area contributed by atoms with E-state index in [0.29, 0.717) is 13.2 Å². The molecule has 0 fully saturated rings. The highest BCUT2D eigenvalue weighted by molar-refractivity contribution is 5.53. The van der Waals surface area contributed by atoms with E-state index in [9.17, 15) is 5.26 Å². The number of para-hydroxylation sites is 1. The molecular weight excluding hydrogens is 236 g/mol. The highest BCUT2D eigenvalue weighted by Gasteiger charge is 2.37. The summed E-state index contributed by atoms with van der Waals surface area (Å²) in [5.41, 5.74) is 2.19. The summed E-state index contributed by atoms with van der Waals surface area (Å²) in [7, 11) is 0. The number of fused-ring (bicyclic) bond motifs is 1. The van der Waals surface area contributed by atoms with Crippen LogP contribution in [-0.2, 0) is 16.9 Å². The van der Waals surface area contributed by atoms with E-state index in [1.165, 1.54) is 0 Å². The van der Waals surface area contributed by atoms with Gasteiger partial charge in [-0.3, -0.25) is 0 Å². The van der Waals surface area contributed by atoms with Gasteiger partial charge in [0.1, 0.15) is 0 Å². The highest BCUT2D eigenvalue weighted by atomic mass is 16.5. The number of anilines is 1. The first-order valence-electron chi connectivity index (χ1n) is 6.25. The van der Waals surface area contributed by atoms with Gasteiger partial charge < -0.3 is 10.1 Å². The Balaban J connectivity index is 2.04. The van der Waals surface area contributed by atoms with Crippen LogP contribution in [0.3, 0.4) is 0 Å². The molecule has 0 saturated heterocycles. The van der Waals surface area contributed by atoms with Crippen LogP contribution in [0.2, 0.25) is 0 Å². The van der Waals surface area contributed by atoms with Crippen LogP contribution in [0.1, 0.15) is 11.1 Å². The lowest BCUT2D eigenvalue weighted by molar-refractivity contribution is 0.0786. The van der Waals surface area contributed by atoms with E-state index in [1.807, 2.05) is 54.6 Å². The molecule has 0 spiro atoms. The molecule has 2 aromatic carbocycles. The van der Waals surface area contributed by atoms with Crippen LogP contribution >= 0.6 is 0 Å². The summed E-state index contributed by atoms with van der Waals surface area (Å²) in [6, 6.07) is 20.1. The zero-order valence-electron chi connectivity index (χ0n) is 10.5. The van der Waals surface area contributed by atoms with Crippen LogP contribution in [0, 0.1) is 11.3 Å². The molecule has 0 bridgehead atoms. The maximum Gasteiger partial charge on any atom is 0.174 e. The van der Waals surface area contributed by atoms with Crippen LogP contribution in [0.15, 0.2) is 54.6 Å². The molecule has 1 aliphatic rings. The van der Waals surface area contributed by atoms with E-state index < -0.39 is 5.54 Å². The second kappa shape index (κ2) is 4.75. The molecule has 0 aromatic heterocycles. The maximum atomic E-state index is 9.66. The van der Waals surface area contributed by atoms with E-state index in [-0.39, 0.29) is 0 Å². The Bertz CT molecular complexity index is 618. The van der Waals surface area contributed by atoms with Crippen molar-refractivity contribution in [1.82, 2.24) is 0 Å². The second-order valence-corrected chi connectivity index (χ2v) is 4.66. The lowest BCUT2D eigenvalue weighted by atomic mass is 9.86. The number of hydrogen-bond acceptors (Lipinski definition) is 3. The molecule has 0 amide bonds. The SMILES string of the molecule is N#CC1(Nc2ccccc2)COCc2ccccc21. The van der Waals surface area contributed by atoms with Gasteiger partial charge in [-0.2, -0.15) is 5.26 Å². The zero-order valence-corrected chi connectivity index (χ0v) is 10.5. The van der Waals surface area contributed by atoms with Crippen LogP contribution in [-0.4, -0.2) is 6.61 Å². The largest absolute Gasteiger partial charge is 0.373 e. The Morgan fingerprint density at radius 3 is 2.58 bits per heavy atom. The van der Waals surface area contributed by atoms with Gasteiger partial charge in [0.2, 0.25) is 0 Å². The predicted octanol–water partition coefficient (Wildman–Crippen LogP) is 3.05. The third-order valence-corrected chi connectivity index (χ3v) is 3.38. The van der Waals surface area contributed by atoms with Crippen molar-refractivity contribution in [1.29, 1.82) is 5.26 Å². The average Bonchev–Trinajstić information content (AvgIpc) is 2.49. The summed E-state index contributed by atoms with van der Waals surface area (Å²) in [5.74, 6) is 0. The average molecular weight is 250 g/mol. The quantitative estimate of drug-likeness (QED) is 0.891. The molecule has 0 aliphatic carbocycles. The fourth-order valence-electron chi connectivity index (χ4n) is 2.45. The van der Waals surface area contributed by atoms with Gasteiger partial charge in [0, 0.05) is 5.69 Å². The van der Waals surface area contributed by atoms with E-state index in [1.54, 1.807) is 0 Å². The van der Waals surface area contributed by atoms with Gasteiger partial charge in [-0.1, -0.05) is 42.5 Å². The van der Waals surface area contributed by atoms with Crippen molar-refractivity contribution in [3.8, 4) is 6.07 Å². The van der Waals surface area contributed by atoms with Gasteiger partial charge in [-0.25, -0.2) is 0 Å². The third kappa shape index (κ3) is 2.07. The molecule has 1 unspecified atom stereocenters. The molecule has 1 heterocycles. The number of nitriles is 1.